The average Bonchev–Trinajstić information content (AvgIpc) is 2.34. The summed E-state index contributed by atoms with van der Waals surface area (Å²) < 4.78 is 0. The van der Waals surface area contributed by atoms with Gasteiger partial charge in [0.2, 0.25) is 0 Å². The van der Waals surface area contributed by atoms with Gasteiger partial charge in [-0.3, -0.25) is 0 Å². The first kappa shape index (κ1) is 14.1. The van der Waals surface area contributed by atoms with Gasteiger partial charge < -0.3 is 0 Å². The Balaban J connectivity index is 2.31. The van der Waals surface area contributed by atoms with Crippen LogP contribution in [0.1, 0.15) is 17.9 Å². The Bertz CT molecular complexity index is 535. The van der Waals surface area contributed by atoms with Gasteiger partial charge in [-0.25, -0.2) is 0 Å². The normalized spacial score (nSPS) is 12.4. The van der Waals surface area contributed by atoms with Gasteiger partial charge in [-0.1, -0.05) is 35.0 Å². The molecule has 0 fully saturated rings. The summed E-state index contributed by atoms with van der Waals surface area (Å²) in [5.74, 6) is 0. The van der Waals surface area contributed by atoms with Crippen LogP contribution in [0.15, 0.2) is 52.3 Å². The van der Waals surface area contributed by atoms with E-state index >= 15 is 0 Å². The van der Waals surface area contributed by atoms with Gasteiger partial charge >= 0.3 is 0 Å². The Hall–Kier alpha value is -0.340. The van der Waals surface area contributed by atoms with Gasteiger partial charge in [0.15, 0.2) is 0 Å². The maximum absolute atomic E-state index is 6.18. The maximum atomic E-state index is 6.18. The zero-order valence-electron chi connectivity index (χ0n) is 9.66. The Morgan fingerprint density at radius 1 is 0.944 bits per heavy atom. The summed E-state index contributed by atoms with van der Waals surface area (Å²) in [6, 6.07) is 13.5. The lowest BCUT2D eigenvalue weighted by molar-refractivity contribution is 1.03. The first-order chi connectivity index (χ1) is 8.56. The van der Waals surface area contributed by atoms with Gasteiger partial charge in [0.1, 0.15) is 0 Å². The Kier molecular flexibility index (Phi) is 4.85. The van der Waals surface area contributed by atoms with E-state index in [1.165, 1.54) is 0 Å². The first-order valence-corrected chi connectivity index (χ1v) is 7.44. The third kappa shape index (κ3) is 3.58. The summed E-state index contributed by atoms with van der Waals surface area (Å²) in [7, 11) is 0. The molecule has 0 aliphatic carbocycles. The average molecular weight is 318 g/mol. The highest BCUT2D eigenvalue weighted by molar-refractivity contribution is 7.99. The molecule has 0 spiro atoms. The topological polar surface area (TPSA) is 0 Å². The molecule has 0 nitrogen and oxygen atoms in total. The highest BCUT2D eigenvalue weighted by atomic mass is 35.5. The minimum Gasteiger partial charge on any atom is -0.118 e. The summed E-state index contributed by atoms with van der Waals surface area (Å²) >= 11 is 19.7. The lowest BCUT2D eigenvalue weighted by Gasteiger charge is -2.11. The van der Waals surface area contributed by atoms with E-state index < -0.39 is 0 Å². The van der Waals surface area contributed by atoms with Crippen molar-refractivity contribution in [3.8, 4) is 0 Å². The summed E-state index contributed by atoms with van der Waals surface area (Å²) in [5, 5.41) is 1.37. The molecule has 0 radical (unpaired) electrons. The lowest BCUT2D eigenvalue weighted by Crippen LogP contribution is -1.88. The fourth-order valence-corrected chi connectivity index (χ4v) is 3.12. The third-order valence-electron chi connectivity index (χ3n) is 2.44. The van der Waals surface area contributed by atoms with Crippen LogP contribution in [0, 0.1) is 0 Å². The SMILES string of the molecule is CC(Cl)c1cc(Cl)ccc1Sc1ccc(Cl)cc1. The molecule has 0 saturated carbocycles. The van der Waals surface area contributed by atoms with E-state index in [4.69, 9.17) is 34.8 Å². The Morgan fingerprint density at radius 3 is 2.17 bits per heavy atom. The van der Waals surface area contributed by atoms with Crippen molar-refractivity contribution in [2.24, 2.45) is 0 Å². The van der Waals surface area contributed by atoms with Crippen molar-refractivity contribution in [2.75, 3.05) is 0 Å². The second-order valence-corrected chi connectivity index (χ2v) is 6.50. The van der Waals surface area contributed by atoms with E-state index in [2.05, 4.69) is 0 Å². The van der Waals surface area contributed by atoms with E-state index in [1.807, 2.05) is 49.4 Å². The third-order valence-corrected chi connectivity index (χ3v) is 4.26. The quantitative estimate of drug-likeness (QED) is 0.587. The molecule has 0 aliphatic heterocycles. The molecule has 2 aromatic rings. The van der Waals surface area contributed by atoms with Crippen LogP contribution in [0.5, 0.6) is 0 Å². The van der Waals surface area contributed by atoms with Crippen molar-refractivity contribution in [1.82, 2.24) is 0 Å². The van der Waals surface area contributed by atoms with Crippen molar-refractivity contribution in [2.45, 2.75) is 22.1 Å². The molecule has 94 valence electrons. The number of hydrogen-bond acceptors (Lipinski definition) is 1. The molecule has 0 heterocycles. The van der Waals surface area contributed by atoms with Crippen LogP contribution in [0.25, 0.3) is 0 Å². The Labute approximate surface area is 126 Å². The highest BCUT2D eigenvalue weighted by Gasteiger charge is 2.10. The van der Waals surface area contributed by atoms with E-state index in [9.17, 15) is 0 Å². The van der Waals surface area contributed by atoms with E-state index in [1.54, 1.807) is 11.8 Å². The van der Waals surface area contributed by atoms with Gasteiger partial charge in [-0.05, 0) is 55.0 Å². The predicted molar refractivity (Wildman–Crippen MR) is 81.3 cm³/mol. The van der Waals surface area contributed by atoms with Crippen LogP contribution in [0.4, 0.5) is 0 Å². The summed E-state index contributed by atoms with van der Waals surface area (Å²) in [5.41, 5.74) is 1.05. The van der Waals surface area contributed by atoms with Crippen molar-refractivity contribution in [3.63, 3.8) is 0 Å². The lowest BCUT2D eigenvalue weighted by atomic mass is 10.2. The van der Waals surface area contributed by atoms with Crippen LogP contribution < -0.4 is 0 Å². The molecule has 0 N–H and O–H groups in total. The van der Waals surface area contributed by atoms with Gasteiger partial charge in [0.25, 0.3) is 0 Å². The van der Waals surface area contributed by atoms with Gasteiger partial charge in [-0.15, -0.1) is 11.6 Å². The zero-order chi connectivity index (χ0) is 13.1. The number of hydrogen-bond donors (Lipinski definition) is 0. The smallest absolute Gasteiger partial charge is 0.0568 e. The van der Waals surface area contributed by atoms with E-state index in [-0.39, 0.29) is 5.38 Å². The maximum Gasteiger partial charge on any atom is 0.0568 e. The predicted octanol–water partition coefficient (Wildman–Crippen LogP) is 6.44. The van der Waals surface area contributed by atoms with Crippen LogP contribution in [-0.4, -0.2) is 0 Å². The molecular formula is C14H11Cl3S. The van der Waals surface area contributed by atoms with Crippen LogP contribution >= 0.6 is 46.6 Å². The molecule has 0 saturated heterocycles. The molecule has 0 amide bonds. The second kappa shape index (κ2) is 6.21. The first-order valence-electron chi connectivity index (χ1n) is 5.43. The number of benzene rings is 2. The zero-order valence-corrected chi connectivity index (χ0v) is 12.7. The largest absolute Gasteiger partial charge is 0.118 e. The van der Waals surface area contributed by atoms with Crippen LogP contribution in [0.2, 0.25) is 10.0 Å². The molecule has 0 aromatic heterocycles. The van der Waals surface area contributed by atoms with Crippen LogP contribution in [0.3, 0.4) is 0 Å². The summed E-state index contributed by atoms with van der Waals surface area (Å²) in [6.45, 7) is 1.94. The monoisotopic (exact) mass is 316 g/mol. The van der Waals surface area contributed by atoms with Crippen LogP contribution in [-0.2, 0) is 0 Å². The molecule has 1 atom stereocenters. The standard InChI is InChI=1S/C14H11Cl3S/c1-9(15)13-8-11(17)4-7-14(13)18-12-5-2-10(16)3-6-12/h2-9H,1H3. The molecule has 18 heavy (non-hydrogen) atoms. The number of halogens is 3. The molecule has 2 rings (SSSR count). The highest BCUT2D eigenvalue weighted by Crippen LogP contribution is 2.37. The Morgan fingerprint density at radius 2 is 1.56 bits per heavy atom. The van der Waals surface area contributed by atoms with Gasteiger partial charge in [0, 0.05) is 19.8 Å². The molecule has 4 heteroatoms. The van der Waals surface area contributed by atoms with E-state index in [0.29, 0.717) is 5.02 Å². The molecule has 2 aromatic carbocycles. The minimum absolute atomic E-state index is 0.0708. The minimum atomic E-state index is -0.0708. The van der Waals surface area contributed by atoms with Crippen molar-refractivity contribution >= 4 is 46.6 Å². The molecule has 0 bridgehead atoms. The second-order valence-electron chi connectivity index (χ2n) is 3.85. The van der Waals surface area contributed by atoms with Crippen molar-refractivity contribution in [3.05, 3.63) is 58.1 Å². The summed E-state index contributed by atoms with van der Waals surface area (Å²) in [4.78, 5) is 2.24. The van der Waals surface area contributed by atoms with Crippen molar-refractivity contribution in [1.29, 1.82) is 0 Å². The summed E-state index contributed by atoms with van der Waals surface area (Å²) in [6.07, 6.45) is 0. The number of rotatable bonds is 3. The molecular weight excluding hydrogens is 307 g/mol. The van der Waals surface area contributed by atoms with E-state index in [0.717, 1.165) is 20.4 Å². The molecule has 1 unspecified atom stereocenters. The van der Waals surface area contributed by atoms with Gasteiger partial charge in [-0.2, -0.15) is 0 Å². The fraction of sp³-hybridized carbons (Fsp3) is 0.143. The number of alkyl halides is 1. The molecule has 0 aliphatic rings. The van der Waals surface area contributed by atoms with Gasteiger partial charge in [0.05, 0.1) is 5.38 Å². The fourth-order valence-electron chi connectivity index (χ4n) is 1.55. The van der Waals surface area contributed by atoms with Crippen molar-refractivity contribution < 1.29 is 0 Å².